The second-order valence-electron chi connectivity index (χ2n) is 6.48. The Morgan fingerprint density at radius 1 is 1.24 bits per heavy atom. The molecule has 1 aromatic heterocycles. The van der Waals surface area contributed by atoms with Crippen molar-refractivity contribution in [3.8, 4) is 11.5 Å². The monoisotopic (exact) mass is 391 g/mol. The highest BCUT2D eigenvalue weighted by Crippen LogP contribution is 2.33. The number of carboxylic acid groups (broad SMARTS) is 1. The van der Waals surface area contributed by atoms with E-state index in [1.165, 1.54) is 4.90 Å². The first kappa shape index (κ1) is 18.3. The molecule has 0 saturated carbocycles. The van der Waals surface area contributed by atoms with Crippen molar-refractivity contribution in [2.45, 2.75) is 6.54 Å². The number of likely N-dealkylation sites (N-methyl/N-ethyl adjacent to an activating group) is 1. The lowest BCUT2D eigenvalue weighted by molar-refractivity contribution is -0.135. The van der Waals surface area contributed by atoms with E-state index in [1.54, 1.807) is 25.2 Å². The first-order chi connectivity index (χ1) is 14.0. The van der Waals surface area contributed by atoms with Crippen LogP contribution in [-0.2, 0) is 11.3 Å². The molecule has 9 nitrogen and oxygen atoms in total. The van der Waals surface area contributed by atoms with Crippen LogP contribution >= 0.6 is 0 Å². The molecule has 3 aromatic rings. The highest BCUT2D eigenvalue weighted by molar-refractivity contribution is 5.93. The Hall–Kier alpha value is -4.06. The standard InChI is InChI=1S/C20H17N5O4/c1-21-13-4-5-15-14(8-13)19(24-20(23-15)25(2)10-18(26)27)22-9-12-3-6-16-17(7-12)29-11-28-16/h3-8H,9-11H2,2H3,(H,26,27)(H,22,23,24). The minimum Gasteiger partial charge on any atom is -0.480 e. The van der Waals surface area contributed by atoms with Gasteiger partial charge in [-0.25, -0.2) is 9.83 Å². The first-order valence-electron chi connectivity index (χ1n) is 8.78. The van der Waals surface area contributed by atoms with Crippen LogP contribution < -0.4 is 19.7 Å². The SMILES string of the molecule is [C-]#[N+]c1ccc2nc(N(C)CC(=O)O)nc(NCc3ccc4c(c3)OCO4)c2c1. The van der Waals surface area contributed by atoms with Crippen molar-refractivity contribution in [2.75, 3.05) is 30.6 Å². The largest absolute Gasteiger partial charge is 0.480 e. The Morgan fingerprint density at radius 2 is 2.07 bits per heavy atom. The maximum Gasteiger partial charge on any atom is 0.323 e. The second kappa shape index (κ2) is 7.52. The number of rotatable bonds is 6. The number of aromatic nitrogens is 2. The van der Waals surface area contributed by atoms with Crippen LogP contribution in [0.4, 0.5) is 17.5 Å². The summed E-state index contributed by atoms with van der Waals surface area (Å²) in [6.45, 7) is 7.68. The number of aliphatic carboxylic acids is 1. The molecule has 1 aliphatic rings. The summed E-state index contributed by atoms with van der Waals surface area (Å²) in [6.07, 6.45) is 0. The lowest BCUT2D eigenvalue weighted by atomic mass is 10.2. The van der Waals surface area contributed by atoms with E-state index in [4.69, 9.17) is 21.2 Å². The maximum atomic E-state index is 11.1. The van der Waals surface area contributed by atoms with E-state index in [9.17, 15) is 4.79 Å². The number of carbonyl (C=O) groups is 1. The summed E-state index contributed by atoms with van der Waals surface area (Å²) in [5.74, 6) is 1.22. The van der Waals surface area contributed by atoms with Gasteiger partial charge in [-0.1, -0.05) is 12.1 Å². The predicted molar refractivity (Wildman–Crippen MR) is 107 cm³/mol. The second-order valence-corrected chi connectivity index (χ2v) is 6.48. The van der Waals surface area contributed by atoms with Crippen LogP contribution in [0.2, 0.25) is 0 Å². The van der Waals surface area contributed by atoms with Gasteiger partial charge in [0.25, 0.3) is 0 Å². The normalized spacial score (nSPS) is 11.9. The van der Waals surface area contributed by atoms with Gasteiger partial charge >= 0.3 is 5.97 Å². The van der Waals surface area contributed by atoms with E-state index in [0.29, 0.717) is 40.5 Å². The van der Waals surface area contributed by atoms with Gasteiger partial charge in [-0.3, -0.25) is 4.79 Å². The predicted octanol–water partition coefficient (Wildman–Crippen LogP) is 3.04. The number of nitrogens with zero attached hydrogens (tertiary/aromatic N) is 4. The number of anilines is 2. The first-order valence-corrected chi connectivity index (χ1v) is 8.78. The third-order valence-corrected chi connectivity index (χ3v) is 4.41. The van der Waals surface area contributed by atoms with E-state index < -0.39 is 5.97 Å². The zero-order chi connectivity index (χ0) is 20.4. The Bertz CT molecular complexity index is 1140. The van der Waals surface area contributed by atoms with Gasteiger partial charge in [0.05, 0.1) is 12.1 Å². The van der Waals surface area contributed by atoms with Crippen molar-refractivity contribution < 1.29 is 19.4 Å². The van der Waals surface area contributed by atoms with E-state index in [0.717, 1.165) is 5.56 Å². The molecule has 0 radical (unpaired) electrons. The molecule has 0 spiro atoms. The molecule has 0 fully saturated rings. The van der Waals surface area contributed by atoms with Gasteiger partial charge in [-0.15, -0.1) is 0 Å². The van der Waals surface area contributed by atoms with Gasteiger partial charge in [0.15, 0.2) is 17.2 Å². The third kappa shape index (κ3) is 3.82. The van der Waals surface area contributed by atoms with Gasteiger partial charge in [-0.2, -0.15) is 4.98 Å². The molecule has 146 valence electrons. The summed E-state index contributed by atoms with van der Waals surface area (Å²) in [6, 6.07) is 10.8. The number of hydrogen-bond acceptors (Lipinski definition) is 7. The number of ether oxygens (including phenoxy) is 2. The fraction of sp³-hybridized carbons (Fsp3) is 0.200. The van der Waals surface area contributed by atoms with Crippen LogP contribution in [0.5, 0.6) is 11.5 Å². The van der Waals surface area contributed by atoms with Gasteiger partial charge in [-0.05, 0) is 29.8 Å². The molecular weight excluding hydrogens is 374 g/mol. The zero-order valence-electron chi connectivity index (χ0n) is 15.5. The molecular formula is C20H17N5O4. The van der Waals surface area contributed by atoms with Crippen molar-refractivity contribution >= 4 is 34.3 Å². The molecule has 2 N–H and O–H groups in total. The Balaban J connectivity index is 1.68. The molecule has 9 heteroatoms. The van der Waals surface area contributed by atoms with Crippen molar-refractivity contribution in [2.24, 2.45) is 0 Å². The molecule has 2 heterocycles. The Kier molecular flexibility index (Phi) is 4.75. The van der Waals surface area contributed by atoms with Crippen LogP contribution in [0.3, 0.4) is 0 Å². The third-order valence-electron chi connectivity index (χ3n) is 4.41. The number of hydrogen-bond donors (Lipinski definition) is 2. The van der Waals surface area contributed by atoms with Crippen molar-refractivity contribution in [1.29, 1.82) is 0 Å². The van der Waals surface area contributed by atoms with E-state index in [1.807, 2.05) is 18.2 Å². The van der Waals surface area contributed by atoms with E-state index in [2.05, 4.69) is 20.1 Å². The zero-order valence-corrected chi connectivity index (χ0v) is 15.5. The van der Waals surface area contributed by atoms with E-state index in [-0.39, 0.29) is 19.3 Å². The fourth-order valence-corrected chi connectivity index (χ4v) is 2.99. The van der Waals surface area contributed by atoms with Gasteiger partial charge in [0.1, 0.15) is 12.4 Å². The number of nitrogens with one attached hydrogen (secondary N) is 1. The minimum absolute atomic E-state index is 0.210. The average Bonchev–Trinajstić information content (AvgIpc) is 3.18. The molecule has 0 aliphatic carbocycles. The van der Waals surface area contributed by atoms with Gasteiger partial charge in [0.2, 0.25) is 12.7 Å². The smallest absolute Gasteiger partial charge is 0.323 e. The lowest BCUT2D eigenvalue weighted by Gasteiger charge is -2.17. The van der Waals surface area contributed by atoms with Crippen LogP contribution in [0.25, 0.3) is 15.7 Å². The fourth-order valence-electron chi connectivity index (χ4n) is 2.99. The quantitative estimate of drug-likeness (QED) is 0.619. The molecule has 1 aliphatic heterocycles. The summed E-state index contributed by atoms with van der Waals surface area (Å²) in [5, 5.41) is 13.0. The van der Waals surface area contributed by atoms with Crippen LogP contribution in [0.1, 0.15) is 5.56 Å². The number of fused-ring (bicyclic) bond motifs is 2. The molecule has 0 unspecified atom stereocenters. The topological polar surface area (TPSA) is 101 Å². The molecule has 2 aromatic carbocycles. The Labute approximate surface area is 166 Å². The van der Waals surface area contributed by atoms with Crippen LogP contribution in [-0.4, -0.2) is 41.4 Å². The highest BCUT2D eigenvalue weighted by atomic mass is 16.7. The minimum atomic E-state index is -0.977. The van der Waals surface area contributed by atoms with Gasteiger partial charge in [0, 0.05) is 19.0 Å². The van der Waals surface area contributed by atoms with Crippen LogP contribution in [0.15, 0.2) is 36.4 Å². The molecule has 0 bridgehead atoms. The molecule has 29 heavy (non-hydrogen) atoms. The number of benzene rings is 2. The summed E-state index contributed by atoms with van der Waals surface area (Å²) >= 11 is 0. The van der Waals surface area contributed by atoms with Gasteiger partial charge < -0.3 is 24.8 Å². The van der Waals surface area contributed by atoms with Crippen LogP contribution in [0, 0.1) is 6.57 Å². The summed E-state index contributed by atoms with van der Waals surface area (Å²) in [4.78, 5) is 24.9. The number of carboxylic acids is 1. The molecule has 0 saturated heterocycles. The maximum absolute atomic E-state index is 11.1. The molecule has 4 rings (SSSR count). The average molecular weight is 391 g/mol. The molecule has 0 atom stereocenters. The summed E-state index contributed by atoms with van der Waals surface area (Å²) in [5.41, 5.74) is 2.05. The van der Waals surface area contributed by atoms with Crippen molar-refractivity contribution in [1.82, 2.24) is 9.97 Å². The highest BCUT2D eigenvalue weighted by Gasteiger charge is 2.15. The Morgan fingerprint density at radius 3 is 2.86 bits per heavy atom. The molecule has 0 amide bonds. The van der Waals surface area contributed by atoms with E-state index >= 15 is 0 Å². The lowest BCUT2D eigenvalue weighted by Crippen LogP contribution is -2.27. The summed E-state index contributed by atoms with van der Waals surface area (Å²) in [7, 11) is 1.62. The van der Waals surface area contributed by atoms with Crippen molar-refractivity contribution in [3.05, 3.63) is 53.4 Å². The summed E-state index contributed by atoms with van der Waals surface area (Å²) < 4.78 is 10.7. The van der Waals surface area contributed by atoms with Crippen molar-refractivity contribution in [3.63, 3.8) is 0 Å².